The highest BCUT2D eigenvalue weighted by molar-refractivity contribution is 5.73. The van der Waals surface area contributed by atoms with E-state index >= 15 is 0 Å². The van der Waals surface area contributed by atoms with Crippen molar-refractivity contribution >= 4 is 6.03 Å². The van der Waals surface area contributed by atoms with Gasteiger partial charge in [0.2, 0.25) is 0 Å². The van der Waals surface area contributed by atoms with Crippen molar-refractivity contribution in [2.45, 2.75) is 38.8 Å². The van der Waals surface area contributed by atoms with Gasteiger partial charge in [-0.15, -0.1) is 0 Å². The molecule has 0 saturated carbocycles. The molecule has 0 bridgehead atoms. The number of hydrogen-bond acceptors (Lipinski definition) is 5. The molecule has 0 unspecified atom stereocenters. The standard InChI is InChI=1S/C17H25N7O/c1-14-4-2-3-8-23(14)9-7-19-17(25)21-11-15-5-6-16(20-10-15)24-13-18-12-22-24/h5-6,10,12-14H,2-4,7-9,11H2,1H3,(H2,19,21,25)/t14-/m1/s1. The maximum atomic E-state index is 11.9. The van der Waals surface area contributed by atoms with Gasteiger partial charge >= 0.3 is 6.03 Å². The van der Waals surface area contributed by atoms with Gasteiger partial charge < -0.3 is 10.6 Å². The van der Waals surface area contributed by atoms with Crippen LogP contribution in [0.5, 0.6) is 0 Å². The van der Waals surface area contributed by atoms with E-state index in [1.165, 1.54) is 25.6 Å². The summed E-state index contributed by atoms with van der Waals surface area (Å²) in [5.74, 6) is 0.696. The number of likely N-dealkylation sites (tertiary alicyclic amines) is 1. The largest absolute Gasteiger partial charge is 0.337 e. The SMILES string of the molecule is C[C@@H]1CCCCN1CCNC(=O)NCc1ccc(-n2cncn2)nc1. The van der Waals surface area contributed by atoms with Crippen LogP contribution in [0, 0.1) is 0 Å². The van der Waals surface area contributed by atoms with Crippen molar-refractivity contribution in [3.05, 3.63) is 36.5 Å². The number of rotatable bonds is 6. The van der Waals surface area contributed by atoms with E-state index in [9.17, 15) is 4.79 Å². The fraction of sp³-hybridized carbons (Fsp3) is 0.529. The minimum atomic E-state index is -0.148. The van der Waals surface area contributed by atoms with Gasteiger partial charge in [0.25, 0.3) is 0 Å². The first-order chi connectivity index (χ1) is 12.2. The normalized spacial score (nSPS) is 18.0. The third-order valence-corrected chi connectivity index (χ3v) is 4.54. The summed E-state index contributed by atoms with van der Waals surface area (Å²) in [6, 6.07) is 4.24. The van der Waals surface area contributed by atoms with Crippen molar-refractivity contribution in [1.29, 1.82) is 0 Å². The smallest absolute Gasteiger partial charge is 0.315 e. The van der Waals surface area contributed by atoms with Crippen molar-refractivity contribution in [3.8, 4) is 5.82 Å². The molecular formula is C17H25N7O. The third kappa shape index (κ3) is 4.99. The molecule has 1 atom stereocenters. The zero-order chi connectivity index (χ0) is 17.5. The summed E-state index contributed by atoms with van der Waals surface area (Å²) in [4.78, 5) is 22.6. The highest BCUT2D eigenvalue weighted by Gasteiger charge is 2.17. The summed E-state index contributed by atoms with van der Waals surface area (Å²) < 4.78 is 1.59. The van der Waals surface area contributed by atoms with Crippen molar-refractivity contribution in [2.24, 2.45) is 0 Å². The summed E-state index contributed by atoms with van der Waals surface area (Å²) in [6.45, 7) is 5.41. The van der Waals surface area contributed by atoms with Gasteiger partial charge in [-0.25, -0.2) is 19.4 Å². The molecule has 3 heterocycles. The number of piperidine rings is 1. The van der Waals surface area contributed by atoms with Crippen LogP contribution in [-0.2, 0) is 6.54 Å². The quantitative estimate of drug-likeness (QED) is 0.826. The number of carbonyl (C=O) groups is 1. The average Bonchev–Trinajstić information content (AvgIpc) is 3.17. The van der Waals surface area contributed by atoms with Crippen molar-refractivity contribution in [2.75, 3.05) is 19.6 Å². The zero-order valence-corrected chi connectivity index (χ0v) is 14.6. The maximum absolute atomic E-state index is 11.9. The van der Waals surface area contributed by atoms with E-state index in [0.29, 0.717) is 24.9 Å². The Labute approximate surface area is 147 Å². The lowest BCUT2D eigenvalue weighted by Crippen LogP contribution is -2.44. The molecule has 0 aliphatic carbocycles. The molecule has 1 saturated heterocycles. The molecule has 2 aromatic heterocycles. The van der Waals surface area contributed by atoms with Gasteiger partial charge in [0, 0.05) is 31.9 Å². The lowest BCUT2D eigenvalue weighted by Gasteiger charge is -2.33. The molecular weight excluding hydrogens is 318 g/mol. The van der Waals surface area contributed by atoms with Gasteiger partial charge in [0.1, 0.15) is 12.7 Å². The summed E-state index contributed by atoms with van der Waals surface area (Å²) in [5, 5.41) is 9.81. The summed E-state index contributed by atoms with van der Waals surface area (Å²) in [7, 11) is 0. The Morgan fingerprint density at radius 2 is 2.24 bits per heavy atom. The van der Waals surface area contributed by atoms with Crippen LogP contribution in [0.25, 0.3) is 5.82 Å². The number of aromatic nitrogens is 4. The number of pyridine rings is 1. The summed E-state index contributed by atoms with van der Waals surface area (Å²) in [5.41, 5.74) is 0.934. The first kappa shape index (κ1) is 17.3. The van der Waals surface area contributed by atoms with Crippen molar-refractivity contribution in [1.82, 2.24) is 35.3 Å². The minimum Gasteiger partial charge on any atom is -0.337 e. The molecule has 25 heavy (non-hydrogen) atoms. The maximum Gasteiger partial charge on any atom is 0.315 e. The highest BCUT2D eigenvalue weighted by atomic mass is 16.2. The fourth-order valence-electron chi connectivity index (χ4n) is 3.03. The number of urea groups is 1. The zero-order valence-electron chi connectivity index (χ0n) is 14.6. The van der Waals surface area contributed by atoms with Gasteiger partial charge in [-0.3, -0.25) is 4.90 Å². The summed E-state index contributed by atoms with van der Waals surface area (Å²) >= 11 is 0. The monoisotopic (exact) mass is 343 g/mol. The first-order valence-corrected chi connectivity index (χ1v) is 8.78. The van der Waals surface area contributed by atoms with E-state index in [0.717, 1.165) is 18.7 Å². The highest BCUT2D eigenvalue weighted by Crippen LogP contribution is 2.15. The van der Waals surface area contributed by atoms with E-state index in [2.05, 4.69) is 37.5 Å². The Bertz CT molecular complexity index is 656. The van der Waals surface area contributed by atoms with Crippen LogP contribution < -0.4 is 10.6 Å². The minimum absolute atomic E-state index is 0.148. The molecule has 134 valence electrons. The molecule has 0 spiro atoms. The van der Waals surface area contributed by atoms with Crippen LogP contribution in [-0.4, -0.2) is 56.4 Å². The Morgan fingerprint density at radius 3 is 2.96 bits per heavy atom. The number of nitrogens with zero attached hydrogens (tertiary/aromatic N) is 5. The van der Waals surface area contributed by atoms with E-state index in [-0.39, 0.29) is 6.03 Å². The third-order valence-electron chi connectivity index (χ3n) is 4.54. The number of hydrogen-bond donors (Lipinski definition) is 2. The lowest BCUT2D eigenvalue weighted by atomic mass is 10.0. The molecule has 0 radical (unpaired) electrons. The van der Waals surface area contributed by atoms with E-state index < -0.39 is 0 Å². The Morgan fingerprint density at radius 1 is 1.32 bits per heavy atom. The molecule has 8 nitrogen and oxygen atoms in total. The van der Waals surface area contributed by atoms with Crippen molar-refractivity contribution in [3.63, 3.8) is 0 Å². The molecule has 1 fully saturated rings. The van der Waals surface area contributed by atoms with Crippen LogP contribution in [0.4, 0.5) is 4.79 Å². The molecule has 0 aromatic carbocycles. The van der Waals surface area contributed by atoms with Crippen LogP contribution in [0.1, 0.15) is 31.7 Å². The summed E-state index contributed by atoms with van der Waals surface area (Å²) in [6.07, 6.45) is 8.61. The van der Waals surface area contributed by atoms with Gasteiger partial charge in [-0.05, 0) is 37.9 Å². The van der Waals surface area contributed by atoms with Crippen LogP contribution in [0.3, 0.4) is 0 Å². The van der Waals surface area contributed by atoms with Gasteiger partial charge in [-0.2, -0.15) is 5.10 Å². The first-order valence-electron chi connectivity index (χ1n) is 8.78. The van der Waals surface area contributed by atoms with E-state index in [4.69, 9.17) is 0 Å². The molecule has 8 heteroatoms. The topological polar surface area (TPSA) is 88.0 Å². The number of carbonyl (C=O) groups excluding carboxylic acids is 1. The molecule has 1 aliphatic heterocycles. The molecule has 3 rings (SSSR count). The number of nitrogens with one attached hydrogen (secondary N) is 2. The Hall–Kier alpha value is -2.48. The second-order valence-corrected chi connectivity index (χ2v) is 6.35. The van der Waals surface area contributed by atoms with Gasteiger partial charge in [0.05, 0.1) is 0 Å². The predicted octanol–water partition coefficient (Wildman–Crippen LogP) is 1.34. The fourth-order valence-corrected chi connectivity index (χ4v) is 3.03. The molecule has 2 N–H and O–H groups in total. The average molecular weight is 343 g/mol. The Kier molecular flexibility index (Phi) is 5.95. The lowest BCUT2D eigenvalue weighted by molar-refractivity contribution is 0.161. The van der Waals surface area contributed by atoms with E-state index in [1.54, 1.807) is 17.2 Å². The second kappa shape index (κ2) is 8.57. The van der Waals surface area contributed by atoms with Crippen LogP contribution in [0.15, 0.2) is 31.0 Å². The molecule has 2 amide bonds. The number of amides is 2. The second-order valence-electron chi connectivity index (χ2n) is 6.35. The van der Waals surface area contributed by atoms with Gasteiger partial charge in [0.15, 0.2) is 5.82 Å². The van der Waals surface area contributed by atoms with Crippen LogP contribution >= 0.6 is 0 Å². The van der Waals surface area contributed by atoms with Crippen molar-refractivity contribution < 1.29 is 4.79 Å². The van der Waals surface area contributed by atoms with Gasteiger partial charge in [-0.1, -0.05) is 12.5 Å². The predicted molar refractivity (Wildman–Crippen MR) is 94.3 cm³/mol. The van der Waals surface area contributed by atoms with E-state index in [1.807, 2.05) is 12.1 Å². The Balaban J connectivity index is 1.37. The molecule has 2 aromatic rings. The molecule has 1 aliphatic rings. The van der Waals surface area contributed by atoms with Crippen LogP contribution in [0.2, 0.25) is 0 Å².